The summed E-state index contributed by atoms with van der Waals surface area (Å²) in [4.78, 5) is 11.2. The quantitative estimate of drug-likeness (QED) is 0.475. The Kier molecular flexibility index (Phi) is 3.09. The maximum absolute atomic E-state index is 11.2. The number of carbonyl (C=O) groups excluding carboxylic acids is 1. The summed E-state index contributed by atoms with van der Waals surface area (Å²) >= 11 is 0. The second kappa shape index (κ2) is 4.10. The first-order valence-electron chi connectivity index (χ1n) is 4.33. The number of esters is 1. The van der Waals surface area contributed by atoms with Gasteiger partial charge >= 0.3 is 5.97 Å². The van der Waals surface area contributed by atoms with Gasteiger partial charge in [-0.05, 0) is 25.3 Å². The molecule has 0 atom stereocenters. The number of allylic oxidation sites excluding steroid dienone is 2. The molecule has 12 heavy (non-hydrogen) atoms. The van der Waals surface area contributed by atoms with Gasteiger partial charge in [0.25, 0.3) is 0 Å². The Morgan fingerprint density at radius 1 is 1.75 bits per heavy atom. The van der Waals surface area contributed by atoms with Gasteiger partial charge < -0.3 is 4.74 Å². The zero-order valence-electron chi connectivity index (χ0n) is 7.43. The first kappa shape index (κ1) is 9.04. The van der Waals surface area contributed by atoms with Crippen LogP contribution in [0.5, 0.6) is 0 Å². The number of rotatable bonds is 3. The molecule has 0 N–H and O–H groups in total. The molecule has 2 heteroatoms. The molecule has 0 fully saturated rings. The Morgan fingerprint density at radius 2 is 2.50 bits per heavy atom. The molecule has 0 heterocycles. The van der Waals surface area contributed by atoms with Crippen molar-refractivity contribution in [2.75, 3.05) is 0 Å². The molecular weight excluding hydrogens is 152 g/mol. The Hall–Kier alpha value is -1.05. The molecule has 0 amide bonds. The topological polar surface area (TPSA) is 26.3 Å². The summed E-state index contributed by atoms with van der Waals surface area (Å²) in [5, 5.41) is 0. The molecule has 0 saturated heterocycles. The van der Waals surface area contributed by atoms with Gasteiger partial charge in [0.15, 0.2) is 0 Å². The highest BCUT2D eigenvalue weighted by atomic mass is 16.5. The molecule has 1 aliphatic rings. The summed E-state index contributed by atoms with van der Waals surface area (Å²) in [6.45, 7) is 5.51. The second-order valence-electron chi connectivity index (χ2n) is 2.91. The molecule has 0 saturated carbocycles. The van der Waals surface area contributed by atoms with Crippen LogP contribution in [0.15, 0.2) is 24.0 Å². The summed E-state index contributed by atoms with van der Waals surface area (Å²) in [7, 11) is 0. The molecular formula is C10H14O2. The Labute approximate surface area is 72.9 Å². The number of hydrogen-bond donors (Lipinski definition) is 0. The maximum Gasteiger partial charge on any atom is 0.338 e. The van der Waals surface area contributed by atoms with Crippen LogP contribution in [0.3, 0.4) is 0 Å². The van der Waals surface area contributed by atoms with Gasteiger partial charge in [0.05, 0.1) is 0 Å². The number of carbonyl (C=O) groups is 1. The van der Waals surface area contributed by atoms with Gasteiger partial charge in [-0.3, -0.25) is 0 Å². The lowest BCUT2D eigenvalue weighted by Gasteiger charge is -2.04. The van der Waals surface area contributed by atoms with Crippen LogP contribution in [0.2, 0.25) is 0 Å². The van der Waals surface area contributed by atoms with Crippen LogP contribution < -0.4 is 0 Å². The first-order chi connectivity index (χ1) is 5.74. The van der Waals surface area contributed by atoms with Crippen LogP contribution >= 0.6 is 0 Å². The third-order valence-electron chi connectivity index (χ3n) is 1.94. The highest BCUT2D eigenvalue weighted by molar-refractivity contribution is 5.88. The standard InChI is InChI=1S/C10H14O2/c1-3-8(2)10(11)12-9-6-4-5-7-9/h6H,2-5,7H2,1H3. The van der Waals surface area contributed by atoms with Crippen LogP contribution in [-0.2, 0) is 9.53 Å². The molecule has 1 rings (SSSR count). The lowest BCUT2D eigenvalue weighted by Crippen LogP contribution is -2.05. The number of hydrogen-bond acceptors (Lipinski definition) is 2. The van der Waals surface area contributed by atoms with Gasteiger partial charge in [0.2, 0.25) is 0 Å². The second-order valence-corrected chi connectivity index (χ2v) is 2.91. The average Bonchev–Trinajstić information content (AvgIpc) is 2.55. The van der Waals surface area contributed by atoms with Crippen LogP contribution in [-0.4, -0.2) is 5.97 Å². The van der Waals surface area contributed by atoms with Crippen LogP contribution in [0, 0.1) is 0 Å². The van der Waals surface area contributed by atoms with Crippen molar-refractivity contribution in [1.82, 2.24) is 0 Å². The summed E-state index contributed by atoms with van der Waals surface area (Å²) in [6, 6.07) is 0. The largest absolute Gasteiger partial charge is 0.428 e. The predicted octanol–water partition coefficient (Wildman–Crippen LogP) is 2.56. The van der Waals surface area contributed by atoms with E-state index in [1.165, 1.54) is 0 Å². The molecule has 0 radical (unpaired) electrons. The lowest BCUT2D eigenvalue weighted by molar-refractivity contribution is -0.135. The monoisotopic (exact) mass is 166 g/mol. The lowest BCUT2D eigenvalue weighted by atomic mass is 10.2. The summed E-state index contributed by atoms with van der Waals surface area (Å²) in [5.74, 6) is 0.542. The Morgan fingerprint density at radius 3 is 3.00 bits per heavy atom. The molecule has 0 aliphatic heterocycles. The van der Waals surface area contributed by atoms with E-state index in [0.29, 0.717) is 12.0 Å². The third kappa shape index (κ3) is 2.22. The van der Waals surface area contributed by atoms with Crippen molar-refractivity contribution in [2.24, 2.45) is 0 Å². The van der Waals surface area contributed by atoms with Crippen molar-refractivity contribution in [3.05, 3.63) is 24.0 Å². The minimum absolute atomic E-state index is 0.273. The predicted molar refractivity (Wildman–Crippen MR) is 47.5 cm³/mol. The Balaban J connectivity index is 2.40. The molecule has 0 bridgehead atoms. The summed E-state index contributed by atoms with van der Waals surface area (Å²) < 4.78 is 5.09. The molecule has 0 unspecified atom stereocenters. The van der Waals surface area contributed by atoms with Crippen LogP contribution in [0.1, 0.15) is 32.6 Å². The van der Waals surface area contributed by atoms with E-state index in [4.69, 9.17) is 4.74 Å². The highest BCUT2D eigenvalue weighted by Gasteiger charge is 2.12. The van der Waals surface area contributed by atoms with Crippen molar-refractivity contribution >= 4 is 5.97 Å². The van der Waals surface area contributed by atoms with E-state index in [1.807, 2.05) is 13.0 Å². The zero-order chi connectivity index (χ0) is 8.97. The van der Waals surface area contributed by atoms with Gasteiger partial charge in [-0.25, -0.2) is 4.79 Å². The van der Waals surface area contributed by atoms with E-state index < -0.39 is 0 Å². The number of ether oxygens (including phenoxy) is 1. The van der Waals surface area contributed by atoms with Gasteiger partial charge in [-0.2, -0.15) is 0 Å². The van der Waals surface area contributed by atoms with E-state index in [1.54, 1.807) is 0 Å². The van der Waals surface area contributed by atoms with E-state index in [0.717, 1.165) is 25.0 Å². The molecule has 0 aromatic carbocycles. The fourth-order valence-electron chi connectivity index (χ4n) is 1.07. The minimum Gasteiger partial charge on any atom is -0.428 e. The third-order valence-corrected chi connectivity index (χ3v) is 1.94. The van der Waals surface area contributed by atoms with E-state index in [2.05, 4.69) is 6.58 Å². The van der Waals surface area contributed by atoms with Crippen molar-refractivity contribution in [2.45, 2.75) is 32.6 Å². The van der Waals surface area contributed by atoms with Crippen molar-refractivity contribution in [1.29, 1.82) is 0 Å². The van der Waals surface area contributed by atoms with Crippen LogP contribution in [0.25, 0.3) is 0 Å². The van der Waals surface area contributed by atoms with E-state index in [9.17, 15) is 4.79 Å². The van der Waals surface area contributed by atoms with Gasteiger partial charge in [0, 0.05) is 12.0 Å². The van der Waals surface area contributed by atoms with Crippen molar-refractivity contribution < 1.29 is 9.53 Å². The van der Waals surface area contributed by atoms with Crippen molar-refractivity contribution in [3.63, 3.8) is 0 Å². The molecule has 0 spiro atoms. The maximum atomic E-state index is 11.2. The molecule has 2 nitrogen and oxygen atoms in total. The van der Waals surface area contributed by atoms with E-state index >= 15 is 0 Å². The van der Waals surface area contributed by atoms with Gasteiger partial charge in [-0.1, -0.05) is 13.5 Å². The Bertz CT molecular complexity index is 226. The van der Waals surface area contributed by atoms with Crippen molar-refractivity contribution in [3.8, 4) is 0 Å². The minimum atomic E-state index is -0.273. The van der Waals surface area contributed by atoms with Gasteiger partial charge in [-0.15, -0.1) is 0 Å². The molecule has 66 valence electrons. The van der Waals surface area contributed by atoms with E-state index in [-0.39, 0.29) is 5.97 Å². The van der Waals surface area contributed by atoms with Crippen LogP contribution in [0.4, 0.5) is 0 Å². The molecule has 1 aliphatic carbocycles. The molecule has 0 aromatic rings. The highest BCUT2D eigenvalue weighted by Crippen LogP contribution is 2.19. The normalized spacial score (nSPS) is 15.6. The first-order valence-corrected chi connectivity index (χ1v) is 4.33. The SMILES string of the molecule is C=C(CC)C(=O)OC1=CCCC1. The molecule has 0 aromatic heterocycles. The fraction of sp³-hybridized carbons (Fsp3) is 0.500. The smallest absolute Gasteiger partial charge is 0.338 e. The average molecular weight is 166 g/mol. The summed E-state index contributed by atoms with van der Waals surface area (Å²) in [6.07, 6.45) is 5.65. The van der Waals surface area contributed by atoms with Gasteiger partial charge in [0.1, 0.15) is 5.76 Å². The fourth-order valence-corrected chi connectivity index (χ4v) is 1.07. The zero-order valence-corrected chi connectivity index (χ0v) is 7.43. The summed E-state index contributed by atoms with van der Waals surface area (Å²) in [5.41, 5.74) is 0.544.